The number of nitrogens with one attached hydrogen (secondary N) is 3. The Kier molecular flexibility index (Phi) is 6.30. The molecule has 0 aromatic heterocycles. The van der Waals surface area contributed by atoms with Crippen LogP contribution in [0.4, 0.5) is 9.18 Å². The summed E-state index contributed by atoms with van der Waals surface area (Å²) < 4.78 is 18.6. The summed E-state index contributed by atoms with van der Waals surface area (Å²) in [6.07, 6.45) is 0. The van der Waals surface area contributed by atoms with Crippen molar-refractivity contribution in [1.29, 1.82) is 0 Å². The van der Waals surface area contributed by atoms with Crippen molar-refractivity contribution in [3.8, 4) is 5.75 Å². The molecule has 1 aromatic carbocycles. The minimum Gasteiger partial charge on any atom is -0.494 e. The smallest absolute Gasteiger partial charge is 0.315 e. The van der Waals surface area contributed by atoms with Gasteiger partial charge in [-0.15, -0.1) is 11.8 Å². The second-order valence-electron chi connectivity index (χ2n) is 5.75. The maximum Gasteiger partial charge on any atom is 0.315 e. The predicted octanol–water partition coefficient (Wildman–Crippen LogP) is 2.02. The minimum absolute atomic E-state index is 0.0989. The zero-order valence-corrected chi connectivity index (χ0v) is 14.7. The summed E-state index contributed by atoms with van der Waals surface area (Å²) in [5.74, 6) is -0.00404. The Balaban J connectivity index is 1.85. The standard InChI is InChI=1S/C16H22FN3O3S/c1-9-7-18-16(22)20-15(9)24-8-14(21)19-10(2)11-4-5-13(23-3)12(17)6-11/h4-6,9-10,15H,7-8H2,1-3H3,(H,19,21)(H2,18,20,22)/t9?,10-,15?/m1/s1. The van der Waals surface area contributed by atoms with E-state index in [1.54, 1.807) is 13.0 Å². The summed E-state index contributed by atoms with van der Waals surface area (Å²) in [7, 11) is 1.40. The molecule has 3 amide bonds. The molecule has 0 radical (unpaired) electrons. The highest BCUT2D eigenvalue weighted by Crippen LogP contribution is 2.22. The molecular formula is C16H22FN3O3S. The third-order valence-electron chi connectivity index (χ3n) is 3.82. The lowest BCUT2D eigenvalue weighted by atomic mass is 10.1. The molecule has 0 aliphatic carbocycles. The van der Waals surface area contributed by atoms with Crippen LogP contribution in [-0.4, -0.2) is 36.7 Å². The van der Waals surface area contributed by atoms with Gasteiger partial charge < -0.3 is 20.7 Å². The molecule has 0 spiro atoms. The van der Waals surface area contributed by atoms with Gasteiger partial charge in [0.05, 0.1) is 24.3 Å². The number of rotatable bonds is 6. The van der Waals surface area contributed by atoms with E-state index in [1.165, 1.54) is 31.0 Å². The van der Waals surface area contributed by atoms with Gasteiger partial charge in [0.15, 0.2) is 11.6 Å². The van der Waals surface area contributed by atoms with E-state index in [0.717, 1.165) is 0 Å². The Bertz CT molecular complexity index is 614. The average Bonchev–Trinajstić information content (AvgIpc) is 2.55. The Morgan fingerprint density at radius 3 is 2.96 bits per heavy atom. The zero-order valence-electron chi connectivity index (χ0n) is 13.9. The summed E-state index contributed by atoms with van der Waals surface area (Å²) in [5.41, 5.74) is 0.662. The molecule has 8 heteroatoms. The topological polar surface area (TPSA) is 79.5 Å². The fraction of sp³-hybridized carbons (Fsp3) is 0.500. The number of halogens is 1. The maximum atomic E-state index is 13.7. The molecule has 6 nitrogen and oxygen atoms in total. The SMILES string of the molecule is COc1ccc([C@@H](C)NC(=O)CSC2NC(=O)NCC2C)cc1F. The van der Waals surface area contributed by atoms with E-state index < -0.39 is 5.82 Å². The molecular weight excluding hydrogens is 333 g/mol. The van der Waals surface area contributed by atoms with E-state index in [-0.39, 0.29) is 40.8 Å². The van der Waals surface area contributed by atoms with Gasteiger partial charge in [0.1, 0.15) is 0 Å². The molecule has 132 valence electrons. The summed E-state index contributed by atoms with van der Waals surface area (Å²) in [5, 5.41) is 8.24. The first-order valence-corrected chi connectivity index (χ1v) is 8.74. The van der Waals surface area contributed by atoms with Crippen LogP contribution >= 0.6 is 11.8 Å². The number of urea groups is 1. The quantitative estimate of drug-likeness (QED) is 0.729. The Morgan fingerprint density at radius 2 is 2.29 bits per heavy atom. The molecule has 1 aliphatic heterocycles. The highest BCUT2D eigenvalue weighted by atomic mass is 32.2. The van der Waals surface area contributed by atoms with Gasteiger partial charge in [0.25, 0.3) is 0 Å². The lowest BCUT2D eigenvalue weighted by Gasteiger charge is -2.29. The van der Waals surface area contributed by atoms with Crippen molar-refractivity contribution in [3.63, 3.8) is 0 Å². The van der Waals surface area contributed by atoms with E-state index in [1.807, 2.05) is 6.92 Å². The van der Waals surface area contributed by atoms with Crippen LogP contribution < -0.4 is 20.7 Å². The van der Waals surface area contributed by atoms with Crippen molar-refractivity contribution in [2.24, 2.45) is 5.92 Å². The number of carbonyl (C=O) groups excluding carboxylic acids is 2. The summed E-state index contributed by atoms with van der Waals surface area (Å²) in [6.45, 7) is 4.39. The monoisotopic (exact) mass is 355 g/mol. The summed E-state index contributed by atoms with van der Waals surface area (Å²) in [6, 6.07) is 4.07. The zero-order chi connectivity index (χ0) is 17.7. The molecule has 1 aromatic rings. The number of amides is 3. The molecule has 0 bridgehead atoms. The fourth-order valence-corrected chi connectivity index (χ4v) is 3.40. The van der Waals surface area contributed by atoms with Gasteiger partial charge in [0, 0.05) is 12.5 Å². The molecule has 3 atom stereocenters. The normalized spacial score (nSPS) is 21.4. The van der Waals surface area contributed by atoms with E-state index in [0.29, 0.717) is 12.1 Å². The van der Waals surface area contributed by atoms with Crippen LogP contribution in [0.25, 0.3) is 0 Å². The number of thioether (sulfide) groups is 1. The van der Waals surface area contributed by atoms with Crippen molar-refractivity contribution in [3.05, 3.63) is 29.6 Å². The van der Waals surface area contributed by atoms with Crippen LogP contribution in [0.3, 0.4) is 0 Å². The second kappa shape index (κ2) is 8.23. The Labute approximate surface area is 144 Å². The van der Waals surface area contributed by atoms with Gasteiger partial charge >= 0.3 is 6.03 Å². The number of ether oxygens (including phenoxy) is 1. The number of hydrogen-bond acceptors (Lipinski definition) is 4. The van der Waals surface area contributed by atoms with Gasteiger partial charge in [-0.05, 0) is 24.6 Å². The summed E-state index contributed by atoms with van der Waals surface area (Å²) >= 11 is 1.39. The number of hydrogen-bond donors (Lipinski definition) is 3. The predicted molar refractivity (Wildman–Crippen MR) is 91.5 cm³/mol. The van der Waals surface area contributed by atoms with E-state index >= 15 is 0 Å². The van der Waals surface area contributed by atoms with Gasteiger partial charge in [-0.25, -0.2) is 9.18 Å². The number of carbonyl (C=O) groups is 2. The maximum absolute atomic E-state index is 13.7. The van der Waals surface area contributed by atoms with Crippen LogP contribution in [-0.2, 0) is 4.79 Å². The molecule has 1 heterocycles. The van der Waals surface area contributed by atoms with Crippen molar-refractivity contribution < 1.29 is 18.7 Å². The lowest BCUT2D eigenvalue weighted by molar-refractivity contribution is -0.119. The first kappa shape index (κ1) is 18.4. The first-order chi connectivity index (χ1) is 11.4. The lowest BCUT2D eigenvalue weighted by Crippen LogP contribution is -2.53. The molecule has 3 N–H and O–H groups in total. The van der Waals surface area contributed by atoms with E-state index in [2.05, 4.69) is 16.0 Å². The van der Waals surface area contributed by atoms with Crippen molar-refractivity contribution in [1.82, 2.24) is 16.0 Å². The molecule has 1 aliphatic rings. The third kappa shape index (κ3) is 4.77. The molecule has 1 fully saturated rings. The van der Waals surface area contributed by atoms with Gasteiger partial charge in [-0.1, -0.05) is 13.0 Å². The molecule has 2 unspecified atom stereocenters. The first-order valence-electron chi connectivity index (χ1n) is 7.69. The van der Waals surface area contributed by atoms with Crippen LogP contribution in [0.5, 0.6) is 5.75 Å². The Morgan fingerprint density at radius 1 is 1.54 bits per heavy atom. The molecule has 1 saturated heterocycles. The van der Waals surface area contributed by atoms with Crippen LogP contribution in [0.1, 0.15) is 25.5 Å². The van der Waals surface area contributed by atoms with Crippen LogP contribution in [0.2, 0.25) is 0 Å². The number of methoxy groups -OCH3 is 1. The Hall–Kier alpha value is -1.96. The van der Waals surface area contributed by atoms with Gasteiger partial charge in [-0.3, -0.25) is 4.79 Å². The highest BCUT2D eigenvalue weighted by molar-refractivity contribution is 8.00. The molecule has 0 saturated carbocycles. The largest absolute Gasteiger partial charge is 0.494 e. The van der Waals surface area contributed by atoms with E-state index in [4.69, 9.17) is 4.74 Å². The number of benzene rings is 1. The molecule has 24 heavy (non-hydrogen) atoms. The summed E-state index contributed by atoms with van der Waals surface area (Å²) in [4.78, 5) is 23.4. The van der Waals surface area contributed by atoms with Crippen molar-refractivity contribution >= 4 is 23.7 Å². The highest BCUT2D eigenvalue weighted by Gasteiger charge is 2.26. The molecule has 2 rings (SSSR count). The van der Waals surface area contributed by atoms with Crippen LogP contribution in [0.15, 0.2) is 18.2 Å². The van der Waals surface area contributed by atoms with Gasteiger partial charge in [-0.2, -0.15) is 0 Å². The average molecular weight is 355 g/mol. The van der Waals surface area contributed by atoms with Crippen LogP contribution in [0, 0.1) is 11.7 Å². The van der Waals surface area contributed by atoms with E-state index in [9.17, 15) is 14.0 Å². The second-order valence-corrected chi connectivity index (χ2v) is 6.88. The van der Waals surface area contributed by atoms with Crippen molar-refractivity contribution in [2.45, 2.75) is 25.3 Å². The third-order valence-corrected chi connectivity index (χ3v) is 5.19. The fourth-order valence-electron chi connectivity index (χ4n) is 2.37. The van der Waals surface area contributed by atoms with Crippen molar-refractivity contribution in [2.75, 3.05) is 19.4 Å². The van der Waals surface area contributed by atoms with Gasteiger partial charge in [0.2, 0.25) is 5.91 Å². The minimum atomic E-state index is -0.461.